The number of esters is 1. The van der Waals surface area contributed by atoms with Crippen LogP contribution in [0.15, 0.2) is 42.1 Å². The number of rotatable bonds is 8. The molecule has 0 saturated carbocycles. The standard InChI is InChI=1S/C14H17NO4.C6H10O5/c1-3-19-12(16)9-10(2)15-13(14(17)18)11-7-5-4-6-8-11;1-3-9-5(7)11-6(8)10-4-2/h4-9,13,15H,3H2,1-2H3,(H,17,18);3-4H2,1-2H3. The normalized spacial score (nSPS) is 11.1. The minimum atomic E-state index is -1.04. The average Bonchev–Trinajstić information content (AvgIpc) is 2.67. The van der Waals surface area contributed by atoms with Crippen LogP contribution in [0.5, 0.6) is 0 Å². The van der Waals surface area contributed by atoms with Gasteiger partial charge in [-0.25, -0.2) is 19.2 Å². The van der Waals surface area contributed by atoms with E-state index in [1.165, 1.54) is 6.08 Å². The Hall–Kier alpha value is -3.56. The van der Waals surface area contributed by atoms with Crippen molar-refractivity contribution in [3.05, 3.63) is 47.7 Å². The van der Waals surface area contributed by atoms with E-state index in [-0.39, 0.29) is 19.8 Å². The molecule has 1 atom stereocenters. The second kappa shape index (κ2) is 15.4. The van der Waals surface area contributed by atoms with Crippen LogP contribution in [0.3, 0.4) is 0 Å². The zero-order valence-electron chi connectivity index (χ0n) is 17.4. The summed E-state index contributed by atoms with van der Waals surface area (Å²) < 4.78 is 17.4. The van der Waals surface area contributed by atoms with Gasteiger partial charge in [0.15, 0.2) is 0 Å². The van der Waals surface area contributed by atoms with E-state index in [9.17, 15) is 24.3 Å². The maximum absolute atomic E-state index is 11.3. The lowest BCUT2D eigenvalue weighted by molar-refractivity contribution is -0.140. The first-order valence-electron chi connectivity index (χ1n) is 9.15. The van der Waals surface area contributed by atoms with Crippen LogP contribution in [0.2, 0.25) is 0 Å². The average molecular weight is 425 g/mol. The number of carbonyl (C=O) groups is 4. The fourth-order valence-corrected chi connectivity index (χ4v) is 1.93. The summed E-state index contributed by atoms with van der Waals surface area (Å²) in [5, 5.41) is 12.0. The molecule has 0 fully saturated rings. The number of carboxylic acids is 1. The maximum atomic E-state index is 11.3. The molecule has 0 aliphatic rings. The van der Waals surface area contributed by atoms with Gasteiger partial charge in [0, 0.05) is 11.8 Å². The van der Waals surface area contributed by atoms with Gasteiger partial charge < -0.3 is 29.4 Å². The molecule has 2 N–H and O–H groups in total. The summed E-state index contributed by atoms with van der Waals surface area (Å²) in [4.78, 5) is 43.3. The molecule has 1 rings (SSSR count). The Kier molecular flexibility index (Phi) is 13.5. The molecule has 0 aromatic heterocycles. The van der Waals surface area contributed by atoms with Gasteiger partial charge in [0.05, 0.1) is 19.8 Å². The van der Waals surface area contributed by atoms with Crippen LogP contribution in [0.1, 0.15) is 39.3 Å². The number of benzene rings is 1. The Morgan fingerprint density at radius 1 is 0.933 bits per heavy atom. The highest BCUT2D eigenvalue weighted by Crippen LogP contribution is 2.14. The van der Waals surface area contributed by atoms with Crippen molar-refractivity contribution in [2.75, 3.05) is 19.8 Å². The summed E-state index contributed by atoms with van der Waals surface area (Å²) in [6.45, 7) is 7.15. The van der Waals surface area contributed by atoms with Crippen molar-refractivity contribution in [1.82, 2.24) is 5.32 Å². The van der Waals surface area contributed by atoms with Gasteiger partial charge in [0.2, 0.25) is 0 Å². The largest absolute Gasteiger partial charge is 0.518 e. The van der Waals surface area contributed by atoms with E-state index in [1.54, 1.807) is 52.0 Å². The minimum Gasteiger partial charge on any atom is -0.479 e. The van der Waals surface area contributed by atoms with Gasteiger partial charge >= 0.3 is 24.2 Å². The van der Waals surface area contributed by atoms with E-state index in [1.807, 2.05) is 6.07 Å². The van der Waals surface area contributed by atoms with Crippen LogP contribution in [0.25, 0.3) is 0 Å². The molecule has 1 unspecified atom stereocenters. The Morgan fingerprint density at radius 2 is 1.43 bits per heavy atom. The van der Waals surface area contributed by atoms with Crippen LogP contribution in [0, 0.1) is 0 Å². The Labute approximate surface area is 174 Å². The van der Waals surface area contributed by atoms with E-state index >= 15 is 0 Å². The number of aliphatic carboxylic acids is 1. The van der Waals surface area contributed by atoms with Crippen LogP contribution in [-0.4, -0.2) is 49.2 Å². The molecule has 30 heavy (non-hydrogen) atoms. The molecule has 0 heterocycles. The quantitative estimate of drug-likeness (QED) is 0.276. The lowest BCUT2D eigenvalue weighted by Crippen LogP contribution is -2.27. The van der Waals surface area contributed by atoms with Crippen LogP contribution < -0.4 is 5.32 Å². The van der Waals surface area contributed by atoms with Crippen molar-refractivity contribution < 1.29 is 43.2 Å². The zero-order valence-corrected chi connectivity index (χ0v) is 17.4. The molecule has 0 spiro atoms. The second-order valence-electron chi connectivity index (χ2n) is 5.37. The highest BCUT2D eigenvalue weighted by molar-refractivity contribution is 5.83. The predicted molar refractivity (Wildman–Crippen MR) is 105 cm³/mol. The third-order valence-electron chi connectivity index (χ3n) is 3.06. The molecule has 1 aromatic carbocycles. The van der Waals surface area contributed by atoms with Crippen molar-refractivity contribution in [3.8, 4) is 0 Å². The van der Waals surface area contributed by atoms with Crippen molar-refractivity contribution in [2.45, 2.75) is 33.7 Å². The molecule has 166 valence electrons. The Morgan fingerprint density at radius 3 is 1.87 bits per heavy atom. The summed E-state index contributed by atoms with van der Waals surface area (Å²) in [6.07, 6.45) is -0.834. The third kappa shape index (κ3) is 12.0. The van der Waals surface area contributed by atoms with Gasteiger partial charge in [0.25, 0.3) is 0 Å². The first-order chi connectivity index (χ1) is 14.2. The second-order valence-corrected chi connectivity index (χ2v) is 5.37. The minimum absolute atomic E-state index is 0.165. The van der Waals surface area contributed by atoms with Gasteiger partial charge in [-0.15, -0.1) is 0 Å². The zero-order chi connectivity index (χ0) is 22.9. The van der Waals surface area contributed by atoms with E-state index in [4.69, 9.17) is 4.74 Å². The summed E-state index contributed by atoms with van der Waals surface area (Å²) >= 11 is 0. The fraction of sp³-hybridized carbons (Fsp3) is 0.400. The van der Waals surface area contributed by atoms with Gasteiger partial charge in [-0.3, -0.25) is 0 Å². The summed E-state index contributed by atoms with van der Waals surface area (Å²) in [6, 6.07) is 7.86. The van der Waals surface area contributed by atoms with Crippen LogP contribution in [-0.2, 0) is 28.5 Å². The molecule has 0 aliphatic heterocycles. The van der Waals surface area contributed by atoms with Crippen molar-refractivity contribution >= 4 is 24.2 Å². The Balaban J connectivity index is 0.000000654. The molecule has 10 nitrogen and oxygen atoms in total. The summed E-state index contributed by atoms with van der Waals surface area (Å²) in [7, 11) is 0. The van der Waals surface area contributed by atoms with Crippen molar-refractivity contribution in [2.24, 2.45) is 0 Å². The van der Waals surface area contributed by atoms with E-state index in [2.05, 4.69) is 19.5 Å². The number of carboxylic acid groups (broad SMARTS) is 1. The summed E-state index contributed by atoms with van der Waals surface area (Å²) in [5.41, 5.74) is 1.06. The molecule has 1 aromatic rings. The summed E-state index contributed by atoms with van der Waals surface area (Å²) in [5.74, 6) is -1.51. The molecule has 0 aliphatic carbocycles. The molecular weight excluding hydrogens is 398 g/mol. The fourth-order valence-electron chi connectivity index (χ4n) is 1.93. The van der Waals surface area contributed by atoms with Gasteiger partial charge in [-0.1, -0.05) is 30.3 Å². The number of hydrogen-bond donors (Lipinski definition) is 2. The molecule has 0 amide bonds. The van der Waals surface area contributed by atoms with Gasteiger partial charge in [-0.2, -0.15) is 0 Å². The number of allylic oxidation sites excluding steroid dienone is 1. The van der Waals surface area contributed by atoms with Gasteiger partial charge in [-0.05, 0) is 33.3 Å². The predicted octanol–water partition coefficient (Wildman–Crippen LogP) is 3.18. The Bertz CT molecular complexity index is 700. The molecule has 10 heteroatoms. The number of carbonyl (C=O) groups excluding carboxylic acids is 3. The molecule has 0 radical (unpaired) electrons. The smallest absolute Gasteiger partial charge is 0.479 e. The van der Waals surface area contributed by atoms with E-state index in [0.717, 1.165) is 0 Å². The number of ether oxygens (including phenoxy) is 4. The topological polar surface area (TPSA) is 137 Å². The van der Waals surface area contributed by atoms with Gasteiger partial charge in [0.1, 0.15) is 6.04 Å². The third-order valence-corrected chi connectivity index (χ3v) is 3.06. The highest BCUT2D eigenvalue weighted by Gasteiger charge is 2.19. The number of hydrogen-bond acceptors (Lipinski definition) is 9. The molecular formula is C20H27NO9. The first kappa shape index (κ1) is 26.4. The monoisotopic (exact) mass is 425 g/mol. The van der Waals surface area contributed by atoms with Crippen molar-refractivity contribution in [1.29, 1.82) is 0 Å². The van der Waals surface area contributed by atoms with E-state index < -0.39 is 30.3 Å². The highest BCUT2D eigenvalue weighted by atomic mass is 16.8. The van der Waals surface area contributed by atoms with Crippen LogP contribution in [0.4, 0.5) is 9.59 Å². The van der Waals surface area contributed by atoms with Crippen LogP contribution >= 0.6 is 0 Å². The lowest BCUT2D eigenvalue weighted by atomic mass is 10.1. The van der Waals surface area contributed by atoms with Crippen molar-refractivity contribution in [3.63, 3.8) is 0 Å². The number of nitrogens with one attached hydrogen (secondary N) is 1. The first-order valence-corrected chi connectivity index (χ1v) is 9.15. The molecule has 0 bridgehead atoms. The maximum Gasteiger partial charge on any atom is 0.518 e. The lowest BCUT2D eigenvalue weighted by Gasteiger charge is -2.16. The molecule has 0 saturated heterocycles. The van der Waals surface area contributed by atoms with E-state index in [0.29, 0.717) is 11.3 Å². The SMILES string of the molecule is CCOC(=O)C=C(C)NC(C(=O)O)c1ccccc1.CCOC(=O)OC(=O)OCC.